The Morgan fingerprint density at radius 3 is 2.50 bits per heavy atom. The SMILES string of the molecule is CC1=NC(=S)SC1CC(Cl)(Cl)Cl. The number of nitrogens with zero attached hydrogens (tertiary/aromatic N) is 1. The molecule has 0 spiro atoms. The highest BCUT2D eigenvalue weighted by Crippen LogP contribution is 2.38. The summed E-state index contributed by atoms with van der Waals surface area (Å²) in [6.45, 7) is 1.90. The summed E-state index contributed by atoms with van der Waals surface area (Å²) in [6.07, 6.45) is 0.456. The Morgan fingerprint density at radius 1 is 1.58 bits per heavy atom. The highest BCUT2D eigenvalue weighted by atomic mass is 35.6. The van der Waals surface area contributed by atoms with E-state index >= 15 is 0 Å². The lowest BCUT2D eigenvalue weighted by Crippen LogP contribution is -2.18. The van der Waals surface area contributed by atoms with Crippen molar-refractivity contribution in [2.75, 3.05) is 0 Å². The maximum atomic E-state index is 5.65. The van der Waals surface area contributed by atoms with Crippen LogP contribution >= 0.6 is 58.8 Å². The summed E-state index contributed by atoms with van der Waals surface area (Å²) in [5, 5.41) is 0.130. The van der Waals surface area contributed by atoms with Gasteiger partial charge in [-0.25, -0.2) is 4.99 Å². The lowest BCUT2D eigenvalue weighted by atomic mass is 10.2. The largest absolute Gasteiger partial charge is 0.238 e. The van der Waals surface area contributed by atoms with Crippen molar-refractivity contribution in [3.63, 3.8) is 0 Å². The molecule has 0 radical (unpaired) electrons. The molecule has 1 aliphatic rings. The van der Waals surface area contributed by atoms with Crippen LogP contribution in [0.25, 0.3) is 0 Å². The van der Waals surface area contributed by atoms with E-state index in [1.165, 1.54) is 11.8 Å². The van der Waals surface area contributed by atoms with E-state index in [1.54, 1.807) is 0 Å². The van der Waals surface area contributed by atoms with Crippen LogP contribution in [0.5, 0.6) is 0 Å². The third-order valence-electron chi connectivity index (χ3n) is 1.39. The number of aliphatic imine (C=N–C) groups is 1. The number of alkyl halides is 3. The van der Waals surface area contributed by atoms with Gasteiger partial charge in [-0.15, -0.1) is 0 Å². The maximum absolute atomic E-state index is 5.65. The molecule has 0 aromatic rings. The fourth-order valence-corrected chi connectivity index (χ4v) is 3.08. The van der Waals surface area contributed by atoms with Crippen LogP contribution in [-0.2, 0) is 0 Å². The molecule has 0 aromatic carbocycles. The first-order valence-electron chi connectivity index (χ1n) is 3.21. The first-order chi connectivity index (χ1) is 5.38. The lowest BCUT2D eigenvalue weighted by Gasteiger charge is -2.15. The van der Waals surface area contributed by atoms with Crippen LogP contribution in [0.3, 0.4) is 0 Å². The molecule has 0 N–H and O–H groups in total. The Bertz CT molecular complexity index is 233. The number of thioether (sulfide) groups is 1. The first kappa shape index (κ1) is 11.1. The summed E-state index contributed by atoms with van der Waals surface area (Å²) in [7, 11) is 0. The van der Waals surface area contributed by atoms with E-state index in [-0.39, 0.29) is 5.25 Å². The molecule has 0 saturated carbocycles. The second kappa shape index (κ2) is 4.01. The molecule has 1 aliphatic heterocycles. The van der Waals surface area contributed by atoms with Gasteiger partial charge in [-0.3, -0.25) is 0 Å². The van der Waals surface area contributed by atoms with Gasteiger partial charge in [0, 0.05) is 12.1 Å². The predicted octanol–water partition coefficient (Wildman–Crippen LogP) is 3.61. The summed E-state index contributed by atoms with van der Waals surface area (Å²) in [6, 6.07) is 0. The van der Waals surface area contributed by atoms with Crippen molar-refractivity contribution >= 4 is 68.8 Å². The topological polar surface area (TPSA) is 12.4 Å². The number of hydrogen-bond donors (Lipinski definition) is 0. The van der Waals surface area contributed by atoms with E-state index in [9.17, 15) is 0 Å². The van der Waals surface area contributed by atoms with Crippen molar-refractivity contribution < 1.29 is 0 Å². The fourth-order valence-electron chi connectivity index (χ4n) is 0.849. The molecular formula is C6H6Cl3NS2. The predicted molar refractivity (Wildman–Crippen MR) is 62.0 cm³/mol. The Labute approximate surface area is 95.8 Å². The zero-order valence-electron chi connectivity index (χ0n) is 6.18. The molecule has 68 valence electrons. The van der Waals surface area contributed by atoms with Crippen LogP contribution in [0.2, 0.25) is 0 Å². The molecule has 0 fully saturated rings. The summed E-state index contributed by atoms with van der Waals surface area (Å²) >= 11 is 23.3. The van der Waals surface area contributed by atoms with E-state index in [0.717, 1.165) is 5.71 Å². The quantitative estimate of drug-likeness (QED) is 0.529. The molecule has 0 aromatic heterocycles. The van der Waals surface area contributed by atoms with Crippen LogP contribution in [0, 0.1) is 0 Å². The minimum Gasteiger partial charge on any atom is -0.238 e. The third-order valence-corrected chi connectivity index (χ3v) is 3.32. The number of rotatable bonds is 1. The van der Waals surface area contributed by atoms with Crippen molar-refractivity contribution in [3.8, 4) is 0 Å². The molecule has 1 unspecified atom stereocenters. The second-order valence-corrected chi connectivity index (χ2v) is 6.80. The van der Waals surface area contributed by atoms with Gasteiger partial charge >= 0.3 is 0 Å². The van der Waals surface area contributed by atoms with Crippen molar-refractivity contribution in [2.45, 2.75) is 22.4 Å². The van der Waals surface area contributed by atoms with Gasteiger partial charge in [0.2, 0.25) is 0 Å². The second-order valence-electron chi connectivity index (χ2n) is 2.44. The van der Waals surface area contributed by atoms with Gasteiger partial charge in [0.25, 0.3) is 0 Å². The van der Waals surface area contributed by atoms with E-state index in [1.807, 2.05) is 6.92 Å². The van der Waals surface area contributed by atoms with Gasteiger partial charge in [0.1, 0.15) is 0 Å². The average Bonchev–Trinajstić information content (AvgIpc) is 2.06. The zero-order valence-corrected chi connectivity index (χ0v) is 10.1. The Kier molecular flexibility index (Phi) is 3.69. The molecule has 0 saturated heterocycles. The standard InChI is InChI=1S/C6H6Cl3NS2/c1-3-4(2-6(7,8)9)12-5(11)10-3/h4H,2H2,1H3. The molecule has 12 heavy (non-hydrogen) atoms. The summed E-state index contributed by atoms with van der Waals surface area (Å²) < 4.78 is -0.583. The van der Waals surface area contributed by atoms with E-state index < -0.39 is 3.79 Å². The Morgan fingerprint density at radius 2 is 2.17 bits per heavy atom. The molecule has 6 heteroatoms. The van der Waals surface area contributed by atoms with Crippen LogP contribution in [0.15, 0.2) is 4.99 Å². The number of thiocarbonyl (C=S) groups is 1. The molecule has 0 bridgehead atoms. The normalized spacial score (nSPS) is 24.5. The van der Waals surface area contributed by atoms with Crippen LogP contribution < -0.4 is 0 Å². The van der Waals surface area contributed by atoms with Crippen molar-refractivity contribution in [2.24, 2.45) is 4.99 Å². The Balaban J connectivity index is 2.57. The highest BCUT2D eigenvalue weighted by Gasteiger charge is 2.31. The minimum atomic E-state index is -1.21. The summed E-state index contributed by atoms with van der Waals surface area (Å²) in [4.78, 5) is 4.09. The molecule has 1 rings (SSSR count). The van der Waals surface area contributed by atoms with Crippen LogP contribution in [0.4, 0.5) is 0 Å². The van der Waals surface area contributed by atoms with Gasteiger partial charge in [-0.05, 0) is 6.92 Å². The molecule has 0 aliphatic carbocycles. The number of hydrogen-bond acceptors (Lipinski definition) is 2. The summed E-state index contributed by atoms with van der Waals surface area (Å²) in [5.41, 5.74) is 0.941. The van der Waals surface area contributed by atoms with E-state index in [4.69, 9.17) is 47.0 Å². The minimum absolute atomic E-state index is 0.130. The summed E-state index contributed by atoms with van der Waals surface area (Å²) in [5.74, 6) is 0. The molecule has 1 nitrogen and oxygen atoms in total. The van der Waals surface area contributed by atoms with Crippen LogP contribution in [-0.4, -0.2) is 19.1 Å². The molecule has 0 amide bonds. The average molecular weight is 263 g/mol. The molecular weight excluding hydrogens is 257 g/mol. The smallest absolute Gasteiger partial charge is 0.192 e. The van der Waals surface area contributed by atoms with Gasteiger partial charge in [0.05, 0.1) is 5.25 Å². The van der Waals surface area contributed by atoms with Crippen molar-refractivity contribution in [1.29, 1.82) is 0 Å². The molecule has 1 atom stereocenters. The fraction of sp³-hybridized carbons (Fsp3) is 0.667. The highest BCUT2D eigenvalue weighted by molar-refractivity contribution is 8.24. The van der Waals surface area contributed by atoms with Gasteiger partial charge in [0.15, 0.2) is 8.11 Å². The van der Waals surface area contributed by atoms with Gasteiger partial charge < -0.3 is 0 Å². The monoisotopic (exact) mass is 261 g/mol. The Hall–Kier alpha value is 0.980. The van der Waals surface area contributed by atoms with Crippen molar-refractivity contribution in [3.05, 3.63) is 0 Å². The molecule has 1 heterocycles. The first-order valence-corrected chi connectivity index (χ1v) is 5.63. The lowest BCUT2D eigenvalue weighted by molar-refractivity contribution is 0.923. The third kappa shape index (κ3) is 3.38. The number of halogens is 3. The van der Waals surface area contributed by atoms with Gasteiger partial charge in [-0.1, -0.05) is 58.8 Å². The van der Waals surface area contributed by atoms with E-state index in [0.29, 0.717) is 10.7 Å². The van der Waals surface area contributed by atoms with Gasteiger partial charge in [-0.2, -0.15) is 0 Å². The van der Waals surface area contributed by atoms with Crippen molar-refractivity contribution in [1.82, 2.24) is 0 Å². The van der Waals surface area contributed by atoms with E-state index in [2.05, 4.69) is 4.99 Å². The zero-order chi connectivity index (χ0) is 9.35. The maximum Gasteiger partial charge on any atom is 0.192 e. The van der Waals surface area contributed by atoms with Crippen LogP contribution in [0.1, 0.15) is 13.3 Å².